The average molecular weight is 426 g/mol. The second-order valence-corrected chi connectivity index (χ2v) is 7.06. The van der Waals surface area contributed by atoms with Gasteiger partial charge in [0.1, 0.15) is 0 Å². The lowest BCUT2D eigenvalue weighted by Crippen LogP contribution is -2.44. The zero-order chi connectivity index (χ0) is 16.2. The van der Waals surface area contributed by atoms with E-state index in [9.17, 15) is 18.0 Å². The molecular weight excluding hydrogens is 411 g/mol. The van der Waals surface area contributed by atoms with Crippen molar-refractivity contribution < 1.29 is 23.1 Å². The SMILES string of the molecule is CCNC(=O)C(C)NS(=O)(=O)c1ccc(I)c(C(=O)O)c1. The molecule has 1 aromatic rings. The van der Waals surface area contributed by atoms with Crippen LogP contribution >= 0.6 is 22.6 Å². The number of nitrogens with one attached hydrogen (secondary N) is 2. The zero-order valence-corrected chi connectivity index (χ0v) is 14.4. The third-order valence-corrected chi connectivity index (χ3v) is 5.03. The standard InChI is InChI=1S/C12H15IN2O5S/c1-3-14-11(16)7(2)15-21(19,20)8-4-5-10(13)9(6-8)12(17)18/h4-7,15H,3H2,1-2H3,(H,14,16)(H,17,18). The topological polar surface area (TPSA) is 113 Å². The van der Waals surface area contributed by atoms with Crippen LogP contribution in [0.2, 0.25) is 0 Å². The highest BCUT2D eigenvalue weighted by atomic mass is 127. The molecule has 1 atom stereocenters. The van der Waals surface area contributed by atoms with E-state index in [0.717, 1.165) is 6.07 Å². The van der Waals surface area contributed by atoms with Crippen molar-refractivity contribution in [3.63, 3.8) is 0 Å². The number of halogens is 1. The molecule has 1 unspecified atom stereocenters. The molecule has 0 heterocycles. The van der Waals surface area contributed by atoms with E-state index < -0.39 is 27.9 Å². The van der Waals surface area contributed by atoms with Gasteiger partial charge < -0.3 is 10.4 Å². The molecule has 0 saturated heterocycles. The van der Waals surface area contributed by atoms with Gasteiger partial charge in [-0.05, 0) is 54.6 Å². The molecule has 3 N–H and O–H groups in total. The van der Waals surface area contributed by atoms with Crippen LogP contribution in [0.5, 0.6) is 0 Å². The van der Waals surface area contributed by atoms with E-state index >= 15 is 0 Å². The Morgan fingerprint density at radius 3 is 2.52 bits per heavy atom. The molecule has 0 aliphatic heterocycles. The Morgan fingerprint density at radius 1 is 1.38 bits per heavy atom. The van der Waals surface area contributed by atoms with Crippen molar-refractivity contribution in [2.45, 2.75) is 24.8 Å². The fraction of sp³-hybridized carbons (Fsp3) is 0.333. The number of benzene rings is 1. The number of hydrogen-bond acceptors (Lipinski definition) is 4. The van der Waals surface area contributed by atoms with Gasteiger partial charge in [0.15, 0.2) is 0 Å². The van der Waals surface area contributed by atoms with Crippen molar-refractivity contribution in [1.82, 2.24) is 10.0 Å². The number of sulfonamides is 1. The monoisotopic (exact) mass is 426 g/mol. The first-order chi connectivity index (χ1) is 9.69. The summed E-state index contributed by atoms with van der Waals surface area (Å²) in [5.74, 6) is -1.67. The van der Waals surface area contributed by atoms with Gasteiger partial charge in [0.25, 0.3) is 0 Å². The van der Waals surface area contributed by atoms with Crippen LogP contribution in [0.25, 0.3) is 0 Å². The van der Waals surface area contributed by atoms with E-state index in [1.54, 1.807) is 6.92 Å². The maximum Gasteiger partial charge on any atom is 0.336 e. The fourth-order valence-corrected chi connectivity index (χ4v) is 3.31. The average Bonchev–Trinajstić information content (AvgIpc) is 2.38. The number of amides is 1. The van der Waals surface area contributed by atoms with Crippen LogP contribution in [0.3, 0.4) is 0 Å². The summed E-state index contributed by atoms with van der Waals surface area (Å²) < 4.78 is 26.9. The number of carbonyl (C=O) groups excluding carboxylic acids is 1. The molecule has 9 heteroatoms. The second-order valence-electron chi connectivity index (χ2n) is 4.18. The van der Waals surface area contributed by atoms with Crippen LogP contribution in [0.15, 0.2) is 23.1 Å². The molecule has 0 aliphatic rings. The highest BCUT2D eigenvalue weighted by molar-refractivity contribution is 14.1. The van der Waals surface area contributed by atoms with Gasteiger partial charge in [0.05, 0.1) is 16.5 Å². The molecule has 0 radical (unpaired) electrons. The van der Waals surface area contributed by atoms with Gasteiger partial charge in [-0.1, -0.05) is 0 Å². The maximum absolute atomic E-state index is 12.2. The zero-order valence-electron chi connectivity index (χ0n) is 11.4. The summed E-state index contributed by atoms with van der Waals surface area (Å²) >= 11 is 1.81. The van der Waals surface area contributed by atoms with Gasteiger partial charge in [-0.2, -0.15) is 4.72 Å². The Kier molecular flexibility index (Phi) is 6.10. The van der Waals surface area contributed by atoms with Crippen molar-refractivity contribution >= 4 is 44.5 Å². The van der Waals surface area contributed by atoms with Crippen molar-refractivity contribution in [3.05, 3.63) is 27.3 Å². The third kappa shape index (κ3) is 4.64. The largest absolute Gasteiger partial charge is 0.478 e. The van der Waals surface area contributed by atoms with Crippen molar-refractivity contribution in [2.75, 3.05) is 6.54 Å². The van der Waals surface area contributed by atoms with Gasteiger partial charge in [0.2, 0.25) is 15.9 Å². The van der Waals surface area contributed by atoms with Gasteiger partial charge in [-0.15, -0.1) is 0 Å². The molecule has 0 fully saturated rings. The van der Waals surface area contributed by atoms with Crippen LogP contribution in [-0.2, 0) is 14.8 Å². The van der Waals surface area contributed by atoms with E-state index in [-0.39, 0.29) is 10.5 Å². The Balaban J connectivity index is 3.06. The molecule has 0 bridgehead atoms. The number of carbonyl (C=O) groups is 2. The molecule has 7 nitrogen and oxygen atoms in total. The quantitative estimate of drug-likeness (QED) is 0.583. The predicted molar refractivity (Wildman–Crippen MR) is 84.6 cm³/mol. The smallest absolute Gasteiger partial charge is 0.336 e. The summed E-state index contributed by atoms with van der Waals surface area (Å²) in [5.41, 5.74) is -0.107. The van der Waals surface area contributed by atoms with Gasteiger partial charge in [0, 0.05) is 10.1 Å². The van der Waals surface area contributed by atoms with Crippen LogP contribution in [-0.4, -0.2) is 38.0 Å². The minimum Gasteiger partial charge on any atom is -0.478 e. The molecule has 0 spiro atoms. The highest BCUT2D eigenvalue weighted by Crippen LogP contribution is 2.18. The number of hydrogen-bond donors (Lipinski definition) is 3. The van der Waals surface area contributed by atoms with Crippen LogP contribution in [0.4, 0.5) is 0 Å². The van der Waals surface area contributed by atoms with E-state index in [2.05, 4.69) is 10.0 Å². The summed E-state index contributed by atoms with van der Waals surface area (Å²) in [5, 5.41) is 11.5. The summed E-state index contributed by atoms with van der Waals surface area (Å²) in [6.45, 7) is 3.52. The molecule has 1 amide bonds. The highest BCUT2D eigenvalue weighted by Gasteiger charge is 2.23. The molecule has 0 saturated carbocycles. The van der Waals surface area contributed by atoms with E-state index in [4.69, 9.17) is 5.11 Å². The lowest BCUT2D eigenvalue weighted by atomic mass is 10.2. The van der Waals surface area contributed by atoms with Gasteiger partial charge in [-0.3, -0.25) is 4.79 Å². The van der Waals surface area contributed by atoms with Crippen LogP contribution < -0.4 is 10.0 Å². The Bertz CT molecular complexity index is 660. The van der Waals surface area contributed by atoms with Crippen LogP contribution in [0.1, 0.15) is 24.2 Å². The maximum atomic E-state index is 12.2. The third-order valence-electron chi connectivity index (χ3n) is 2.55. The number of carboxylic acids is 1. The predicted octanol–water partition coefficient (Wildman–Crippen LogP) is 0.792. The van der Waals surface area contributed by atoms with Gasteiger partial charge in [-0.25, -0.2) is 13.2 Å². The minimum atomic E-state index is -3.97. The lowest BCUT2D eigenvalue weighted by molar-refractivity contribution is -0.122. The van der Waals surface area contributed by atoms with E-state index in [1.807, 2.05) is 22.6 Å². The Morgan fingerprint density at radius 2 is 2.00 bits per heavy atom. The first-order valence-corrected chi connectivity index (χ1v) is 8.58. The summed E-state index contributed by atoms with van der Waals surface area (Å²) in [6.07, 6.45) is 0. The van der Waals surface area contributed by atoms with E-state index in [1.165, 1.54) is 19.1 Å². The fourth-order valence-electron chi connectivity index (χ4n) is 1.52. The Labute approximate surface area is 136 Å². The Hall–Kier alpha value is -1.20. The second kappa shape index (κ2) is 7.18. The van der Waals surface area contributed by atoms with Gasteiger partial charge >= 0.3 is 5.97 Å². The lowest BCUT2D eigenvalue weighted by Gasteiger charge is -2.14. The number of carboxylic acid groups (broad SMARTS) is 1. The van der Waals surface area contributed by atoms with Crippen molar-refractivity contribution in [1.29, 1.82) is 0 Å². The first kappa shape index (κ1) is 17.9. The molecule has 21 heavy (non-hydrogen) atoms. The van der Waals surface area contributed by atoms with Crippen molar-refractivity contribution in [3.8, 4) is 0 Å². The summed E-state index contributed by atoms with van der Waals surface area (Å²) in [7, 11) is -3.97. The molecule has 1 rings (SSSR count). The normalized spacial score (nSPS) is 12.7. The van der Waals surface area contributed by atoms with Crippen molar-refractivity contribution in [2.24, 2.45) is 0 Å². The molecule has 0 aromatic heterocycles. The molecular formula is C12H15IN2O5S. The number of aromatic carboxylic acids is 1. The van der Waals surface area contributed by atoms with Crippen LogP contribution in [0, 0.1) is 3.57 Å². The minimum absolute atomic E-state index is 0.107. The summed E-state index contributed by atoms with van der Waals surface area (Å²) in [4.78, 5) is 22.4. The summed E-state index contributed by atoms with van der Waals surface area (Å²) in [6, 6.07) is 2.80. The molecule has 116 valence electrons. The molecule has 1 aromatic carbocycles. The number of rotatable bonds is 6. The number of likely N-dealkylation sites (N-methyl/N-ethyl adjacent to an activating group) is 1. The molecule has 0 aliphatic carbocycles. The first-order valence-electron chi connectivity index (χ1n) is 6.02. The van der Waals surface area contributed by atoms with E-state index in [0.29, 0.717) is 10.1 Å².